The molecule has 0 aliphatic heterocycles. The molecule has 0 aromatic heterocycles. The highest BCUT2D eigenvalue weighted by molar-refractivity contribution is 6.43. The summed E-state index contributed by atoms with van der Waals surface area (Å²) in [5.41, 5.74) is 0.779. The Kier molecular flexibility index (Phi) is 4.07. The van der Waals surface area contributed by atoms with Crippen molar-refractivity contribution in [1.29, 1.82) is 0 Å². The van der Waals surface area contributed by atoms with E-state index in [0.717, 1.165) is 17.8 Å². The molecule has 4 bridgehead atoms. The highest BCUT2D eigenvalue weighted by Crippen LogP contribution is 2.55. The number of nitrogens with one attached hydrogen (secondary N) is 2. The van der Waals surface area contributed by atoms with E-state index in [4.69, 9.17) is 23.2 Å². The Hall–Kier alpha value is -0.770. The van der Waals surface area contributed by atoms with Crippen LogP contribution in [0.25, 0.3) is 0 Å². The summed E-state index contributed by atoms with van der Waals surface area (Å²) in [5.74, 6) is 2.57. The Morgan fingerprint density at radius 1 is 1.09 bits per heavy atom. The molecule has 4 saturated carbocycles. The predicted octanol–water partition coefficient (Wildman–Crippen LogP) is 4.49. The topological polar surface area (TPSA) is 41.1 Å². The highest BCUT2D eigenvalue weighted by atomic mass is 35.5. The number of amides is 1. The van der Waals surface area contributed by atoms with E-state index < -0.39 is 0 Å². The number of rotatable bonds is 4. The first kappa shape index (κ1) is 15.7. The lowest BCUT2D eigenvalue weighted by molar-refractivity contribution is -0.116. The number of hydrogen-bond donors (Lipinski definition) is 2. The van der Waals surface area contributed by atoms with Crippen LogP contribution in [-0.4, -0.2) is 18.0 Å². The van der Waals surface area contributed by atoms with E-state index >= 15 is 0 Å². The van der Waals surface area contributed by atoms with Gasteiger partial charge < -0.3 is 10.6 Å². The maximum Gasteiger partial charge on any atom is 0.238 e. The molecule has 1 aromatic carbocycles. The van der Waals surface area contributed by atoms with Crippen molar-refractivity contribution in [2.24, 2.45) is 17.8 Å². The van der Waals surface area contributed by atoms with Gasteiger partial charge in [0.25, 0.3) is 0 Å². The van der Waals surface area contributed by atoms with Gasteiger partial charge in [0.05, 0.1) is 22.3 Å². The quantitative estimate of drug-likeness (QED) is 0.837. The van der Waals surface area contributed by atoms with Crippen LogP contribution in [-0.2, 0) is 4.79 Å². The van der Waals surface area contributed by atoms with Gasteiger partial charge in [-0.3, -0.25) is 4.79 Å². The zero-order valence-corrected chi connectivity index (χ0v) is 14.6. The molecule has 0 radical (unpaired) electrons. The molecule has 0 unspecified atom stereocenters. The van der Waals surface area contributed by atoms with Crippen molar-refractivity contribution < 1.29 is 4.79 Å². The summed E-state index contributed by atoms with van der Waals surface area (Å²) in [5, 5.41) is 7.32. The molecule has 1 amide bonds. The molecule has 5 heteroatoms. The van der Waals surface area contributed by atoms with Crippen LogP contribution < -0.4 is 10.6 Å². The largest absolute Gasteiger partial charge is 0.324 e. The Morgan fingerprint density at radius 3 is 2.30 bits per heavy atom. The fourth-order valence-corrected chi connectivity index (χ4v) is 5.74. The Labute approximate surface area is 147 Å². The van der Waals surface area contributed by atoms with Crippen LogP contribution in [0, 0.1) is 17.8 Å². The first-order valence-electron chi connectivity index (χ1n) is 8.52. The molecule has 0 spiro atoms. The van der Waals surface area contributed by atoms with Crippen molar-refractivity contribution in [3.63, 3.8) is 0 Å². The monoisotopic (exact) mass is 352 g/mol. The van der Waals surface area contributed by atoms with E-state index in [1.165, 1.54) is 38.5 Å². The van der Waals surface area contributed by atoms with Gasteiger partial charge in [0.1, 0.15) is 0 Å². The normalized spacial score (nSPS) is 34.6. The summed E-state index contributed by atoms with van der Waals surface area (Å²) in [7, 11) is 0. The third-order valence-corrected chi connectivity index (χ3v) is 6.71. The second kappa shape index (κ2) is 5.94. The summed E-state index contributed by atoms with van der Waals surface area (Å²) in [6.45, 7) is 0.342. The molecule has 124 valence electrons. The molecule has 0 heterocycles. The van der Waals surface area contributed by atoms with E-state index in [1.807, 2.05) is 0 Å². The van der Waals surface area contributed by atoms with Crippen molar-refractivity contribution in [1.82, 2.24) is 5.32 Å². The summed E-state index contributed by atoms with van der Waals surface area (Å²) in [4.78, 5) is 12.3. The third-order valence-electron chi connectivity index (χ3n) is 5.89. The van der Waals surface area contributed by atoms with Gasteiger partial charge in [-0.15, -0.1) is 0 Å². The molecule has 2 N–H and O–H groups in total. The minimum atomic E-state index is -0.0510. The molecule has 3 nitrogen and oxygen atoms in total. The number of halogens is 2. The maximum atomic E-state index is 12.3. The van der Waals surface area contributed by atoms with Gasteiger partial charge in [-0.2, -0.15) is 0 Å². The van der Waals surface area contributed by atoms with Gasteiger partial charge in [-0.25, -0.2) is 0 Å². The molecule has 0 atom stereocenters. The Balaban J connectivity index is 1.37. The SMILES string of the molecule is O=C(CNC12CC3CC(CC(C3)C1)C2)Nc1cccc(Cl)c1Cl. The first-order valence-corrected chi connectivity index (χ1v) is 9.27. The van der Waals surface area contributed by atoms with Crippen LogP contribution in [0.1, 0.15) is 38.5 Å². The fourth-order valence-electron chi connectivity index (χ4n) is 5.39. The van der Waals surface area contributed by atoms with Gasteiger partial charge in [-0.05, 0) is 68.4 Å². The fraction of sp³-hybridized carbons (Fsp3) is 0.611. The van der Waals surface area contributed by atoms with Crippen LogP contribution in [0.15, 0.2) is 18.2 Å². The second-order valence-electron chi connectivity index (χ2n) is 7.70. The van der Waals surface area contributed by atoms with Crippen molar-refractivity contribution in [2.75, 3.05) is 11.9 Å². The number of carbonyl (C=O) groups excluding carboxylic acids is 1. The van der Waals surface area contributed by atoms with E-state index in [0.29, 0.717) is 22.3 Å². The lowest BCUT2D eigenvalue weighted by Crippen LogP contribution is -2.59. The van der Waals surface area contributed by atoms with Crippen molar-refractivity contribution in [3.05, 3.63) is 28.2 Å². The lowest BCUT2D eigenvalue weighted by atomic mass is 9.53. The molecule has 5 rings (SSSR count). The number of benzene rings is 1. The van der Waals surface area contributed by atoms with Gasteiger partial charge in [0, 0.05) is 5.54 Å². The minimum absolute atomic E-state index is 0.0510. The number of hydrogen-bond acceptors (Lipinski definition) is 2. The smallest absolute Gasteiger partial charge is 0.238 e. The minimum Gasteiger partial charge on any atom is -0.324 e. The van der Waals surface area contributed by atoms with Gasteiger partial charge in [-0.1, -0.05) is 29.3 Å². The van der Waals surface area contributed by atoms with E-state index in [-0.39, 0.29) is 11.4 Å². The van der Waals surface area contributed by atoms with Crippen molar-refractivity contribution >= 4 is 34.8 Å². The van der Waals surface area contributed by atoms with Crippen LogP contribution in [0.3, 0.4) is 0 Å². The van der Waals surface area contributed by atoms with Crippen molar-refractivity contribution in [2.45, 2.75) is 44.1 Å². The summed E-state index contributed by atoms with van der Waals surface area (Å²) in [6, 6.07) is 5.28. The molecular formula is C18H22Cl2N2O. The van der Waals surface area contributed by atoms with E-state index in [2.05, 4.69) is 10.6 Å². The number of anilines is 1. The van der Waals surface area contributed by atoms with Gasteiger partial charge in [0.15, 0.2) is 0 Å². The van der Waals surface area contributed by atoms with E-state index in [9.17, 15) is 4.79 Å². The average molecular weight is 353 g/mol. The van der Waals surface area contributed by atoms with Gasteiger partial charge >= 0.3 is 0 Å². The zero-order chi connectivity index (χ0) is 16.0. The zero-order valence-electron chi connectivity index (χ0n) is 13.1. The van der Waals surface area contributed by atoms with Crippen LogP contribution in [0.4, 0.5) is 5.69 Å². The molecule has 0 saturated heterocycles. The first-order chi connectivity index (χ1) is 11.0. The predicted molar refractivity (Wildman–Crippen MR) is 94.0 cm³/mol. The molecule has 4 aliphatic carbocycles. The second-order valence-corrected chi connectivity index (χ2v) is 8.49. The van der Waals surface area contributed by atoms with Crippen molar-refractivity contribution in [3.8, 4) is 0 Å². The van der Waals surface area contributed by atoms with E-state index in [1.54, 1.807) is 18.2 Å². The van der Waals surface area contributed by atoms with Crippen LogP contribution in [0.5, 0.6) is 0 Å². The lowest BCUT2D eigenvalue weighted by Gasteiger charge is -2.57. The standard InChI is InChI=1S/C18H22Cl2N2O/c19-14-2-1-3-15(17(14)20)22-16(23)10-21-18-7-11-4-12(8-18)6-13(5-11)9-18/h1-3,11-13,21H,4-10H2,(H,22,23). The summed E-state index contributed by atoms with van der Waals surface area (Å²) in [6.07, 6.45) is 7.94. The molecule has 4 aliphatic rings. The molecule has 1 aromatic rings. The Morgan fingerprint density at radius 2 is 1.70 bits per heavy atom. The molecule has 23 heavy (non-hydrogen) atoms. The van der Waals surface area contributed by atoms with Crippen LogP contribution >= 0.6 is 23.2 Å². The Bertz CT molecular complexity index is 596. The summed E-state index contributed by atoms with van der Waals surface area (Å²) >= 11 is 12.1. The highest BCUT2D eigenvalue weighted by Gasteiger charge is 2.50. The number of carbonyl (C=O) groups is 1. The summed E-state index contributed by atoms with van der Waals surface area (Å²) < 4.78 is 0. The van der Waals surface area contributed by atoms with Crippen LogP contribution in [0.2, 0.25) is 10.0 Å². The average Bonchev–Trinajstić information content (AvgIpc) is 2.49. The molecule has 4 fully saturated rings. The molecular weight excluding hydrogens is 331 g/mol. The van der Waals surface area contributed by atoms with Gasteiger partial charge in [0.2, 0.25) is 5.91 Å². The third kappa shape index (κ3) is 3.11. The maximum absolute atomic E-state index is 12.3.